The maximum atomic E-state index is 5.79. The monoisotopic (exact) mass is 214 g/mol. The zero-order valence-corrected chi connectivity index (χ0v) is 10.5. The van der Waals surface area contributed by atoms with Gasteiger partial charge < -0.3 is 10.5 Å². The summed E-state index contributed by atoms with van der Waals surface area (Å²) in [5.41, 5.74) is 6.01. The lowest BCUT2D eigenvalue weighted by Crippen LogP contribution is -2.44. The van der Waals surface area contributed by atoms with Crippen LogP contribution in [0.3, 0.4) is 0 Å². The Hall–Kier alpha value is -0.120. The molecule has 1 atom stereocenters. The molecule has 0 aromatic rings. The van der Waals surface area contributed by atoms with Gasteiger partial charge in [0.05, 0.1) is 6.61 Å². The van der Waals surface area contributed by atoms with Crippen LogP contribution >= 0.6 is 0 Å². The molecule has 15 heavy (non-hydrogen) atoms. The minimum atomic E-state index is 0.220. The summed E-state index contributed by atoms with van der Waals surface area (Å²) in [5.74, 6) is 0. The van der Waals surface area contributed by atoms with Crippen LogP contribution in [0, 0.1) is 5.41 Å². The molecule has 90 valence electrons. The number of hydrogen-bond acceptors (Lipinski definition) is 3. The molecule has 0 aromatic heterocycles. The molecule has 1 unspecified atom stereocenters. The first-order chi connectivity index (χ1) is 7.09. The normalized spacial score (nSPS) is 22.6. The van der Waals surface area contributed by atoms with Crippen molar-refractivity contribution in [3.63, 3.8) is 0 Å². The highest BCUT2D eigenvalue weighted by molar-refractivity contribution is 4.81. The predicted octanol–water partition coefficient (Wildman–Crippen LogP) is 1.47. The SMILES string of the molecule is CCCN(CC(C)(C)CN)C1CCOC1. The maximum Gasteiger partial charge on any atom is 0.0622 e. The molecule has 0 spiro atoms. The van der Waals surface area contributed by atoms with Gasteiger partial charge >= 0.3 is 0 Å². The first-order valence-corrected chi connectivity index (χ1v) is 6.11. The minimum Gasteiger partial charge on any atom is -0.380 e. The molecule has 0 radical (unpaired) electrons. The summed E-state index contributed by atoms with van der Waals surface area (Å²) in [4.78, 5) is 2.56. The van der Waals surface area contributed by atoms with E-state index in [0.29, 0.717) is 6.04 Å². The van der Waals surface area contributed by atoms with Gasteiger partial charge in [-0.15, -0.1) is 0 Å². The number of nitrogens with zero attached hydrogens (tertiary/aromatic N) is 1. The topological polar surface area (TPSA) is 38.5 Å². The summed E-state index contributed by atoms with van der Waals surface area (Å²) in [5, 5.41) is 0. The van der Waals surface area contributed by atoms with E-state index in [-0.39, 0.29) is 5.41 Å². The average Bonchev–Trinajstić information content (AvgIpc) is 2.70. The third-order valence-electron chi connectivity index (χ3n) is 3.12. The van der Waals surface area contributed by atoms with E-state index in [4.69, 9.17) is 10.5 Å². The van der Waals surface area contributed by atoms with Crippen molar-refractivity contribution in [1.29, 1.82) is 0 Å². The quantitative estimate of drug-likeness (QED) is 0.728. The molecule has 0 bridgehead atoms. The lowest BCUT2D eigenvalue weighted by molar-refractivity contribution is 0.110. The summed E-state index contributed by atoms with van der Waals surface area (Å²) >= 11 is 0. The summed E-state index contributed by atoms with van der Waals surface area (Å²) in [6, 6.07) is 0.621. The van der Waals surface area contributed by atoms with Gasteiger partial charge in [-0.1, -0.05) is 20.8 Å². The molecule has 1 heterocycles. The van der Waals surface area contributed by atoms with E-state index in [1.165, 1.54) is 12.8 Å². The molecular formula is C12H26N2O. The Balaban J connectivity index is 2.49. The van der Waals surface area contributed by atoms with Gasteiger partial charge in [0.25, 0.3) is 0 Å². The third-order valence-corrected chi connectivity index (χ3v) is 3.12. The fraction of sp³-hybridized carbons (Fsp3) is 1.00. The summed E-state index contributed by atoms with van der Waals surface area (Å²) in [6.45, 7) is 11.5. The fourth-order valence-electron chi connectivity index (χ4n) is 2.10. The number of rotatable bonds is 6. The minimum absolute atomic E-state index is 0.220. The Morgan fingerprint density at radius 2 is 2.20 bits per heavy atom. The summed E-state index contributed by atoms with van der Waals surface area (Å²) in [6.07, 6.45) is 2.39. The van der Waals surface area contributed by atoms with Crippen LogP contribution in [0.2, 0.25) is 0 Å². The first kappa shape index (κ1) is 12.9. The highest BCUT2D eigenvalue weighted by Crippen LogP contribution is 2.20. The summed E-state index contributed by atoms with van der Waals surface area (Å²) < 4.78 is 5.46. The van der Waals surface area contributed by atoms with E-state index in [1.807, 2.05) is 0 Å². The molecule has 1 aliphatic heterocycles. The molecule has 1 rings (SSSR count). The molecule has 3 nitrogen and oxygen atoms in total. The van der Waals surface area contributed by atoms with Crippen LogP contribution in [0.15, 0.2) is 0 Å². The van der Waals surface area contributed by atoms with Crippen molar-refractivity contribution in [3.05, 3.63) is 0 Å². The lowest BCUT2D eigenvalue weighted by Gasteiger charge is -2.35. The van der Waals surface area contributed by atoms with Gasteiger partial charge in [-0.2, -0.15) is 0 Å². The van der Waals surface area contributed by atoms with Gasteiger partial charge in [-0.3, -0.25) is 4.90 Å². The second-order valence-electron chi connectivity index (χ2n) is 5.36. The smallest absolute Gasteiger partial charge is 0.0622 e. The second kappa shape index (κ2) is 5.83. The van der Waals surface area contributed by atoms with Gasteiger partial charge in [-0.25, -0.2) is 0 Å². The Morgan fingerprint density at radius 1 is 1.47 bits per heavy atom. The zero-order chi connectivity index (χ0) is 11.3. The Kier molecular flexibility index (Phi) is 5.03. The first-order valence-electron chi connectivity index (χ1n) is 6.11. The molecular weight excluding hydrogens is 188 g/mol. The van der Waals surface area contributed by atoms with Crippen LogP contribution in [-0.2, 0) is 4.74 Å². The zero-order valence-electron chi connectivity index (χ0n) is 10.5. The number of hydrogen-bond donors (Lipinski definition) is 1. The Labute approximate surface area is 94.0 Å². The van der Waals surface area contributed by atoms with Crippen LogP contribution in [0.5, 0.6) is 0 Å². The van der Waals surface area contributed by atoms with Crippen LogP contribution in [0.1, 0.15) is 33.6 Å². The summed E-state index contributed by atoms with van der Waals surface area (Å²) in [7, 11) is 0. The van der Waals surface area contributed by atoms with E-state index >= 15 is 0 Å². The van der Waals surface area contributed by atoms with Crippen LogP contribution in [0.25, 0.3) is 0 Å². The fourth-order valence-corrected chi connectivity index (χ4v) is 2.10. The van der Waals surface area contributed by atoms with Crippen LogP contribution in [-0.4, -0.2) is 43.8 Å². The maximum absolute atomic E-state index is 5.79. The van der Waals surface area contributed by atoms with E-state index in [1.54, 1.807) is 0 Å². The second-order valence-corrected chi connectivity index (χ2v) is 5.36. The molecule has 0 aliphatic carbocycles. The highest BCUT2D eigenvalue weighted by atomic mass is 16.5. The van der Waals surface area contributed by atoms with Gasteiger partial charge in [0.2, 0.25) is 0 Å². The van der Waals surface area contributed by atoms with E-state index in [2.05, 4.69) is 25.7 Å². The molecule has 2 N–H and O–H groups in total. The number of ether oxygens (including phenoxy) is 1. The lowest BCUT2D eigenvalue weighted by atomic mass is 9.92. The van der Waals surface area contributed by atoms with Crippen molar-refractivity contribution in [2.45, 2.75) is 39.7 Å². The van der Waals surface area contributed by atoms with Gasteiger partial charge in [0, 0.05) is 19.2 Å². The van der Waals surface area contributed by atoms with Gasteiger partial charge in [0.15, 0.2) is 0 Å². The number of nitrogens with two attached hydrogens (primary N) is 1. The Morgan fingerprint density at radius 3 is 2.67 bits per heavy atom. The molecule has 3 heteroatoms. The largest absolute Gasteiger partial charge is 0.380 e. The standard InChI is InChI=1S/C12H26N2O/c1-4-6-14(10-12(2,3)9-13)11-5-7-15-8-11/h11H,4-10,13H2,1-3H3. The van der Waals surface area contributed by atoms with Crippen LogP contribution < -0.4 is 5.73 Å². The average molecular weight is 214 g/mol. The Bertz CT molecular complexity index is 176. The molecule has 0 saturated carbocycles. The van der Waals surface area contributed by atoms with Crippen molar-refractivity contribution < 1.29 is 4.74 Å². The van der Waals surface area contributed by atoms with E-state index in [0.717, 1.165) is 32.8 Å². The van der Waals surface area contributed by atoms with Crippen molar-refractivity contribution in [3.8, 4) is 0 Å². The van der Waals surface area contributed by atoms with Crippen LogP contribution in [0.4, 0.5) is 0 Å². The molecule has 0 amide bonds. The molecule has 1 aliphatic rings. The van der Waals surface area contributed by atoms with Crippen molar-refractivity contribution in [1.82, 2.24) is 4.90 Å². The van der Waals surface area contributed by atoms with E-state index < -0.39 is 0 Å². The van der Waals surface area contributed by atoms with E-state index in [9.17, 15) is 0 Å². The van der Waals surface area contributed by atoms with Crippen molar-refractivity contribution in [2.75, 3.05) is 32.8 Å². The van der Waals surface area contributed by atoms with Crippen molar-refractivity contribution >= 4 is 0 Å². The molecule has 1 fully saturated rings. The molecule has 1 saturated heterocycles. The predicted molar refractivity (Wildman–Crippen MR) is 63.9 cm³/mol. The highest BCUT2D eigenvalue weighted by Gasteiger charge is 2.27. The van der Waals surface area contributed by atoms with Crippen molar-refractivity contribution in [2.24, 2.45) is 11.1 Å². The third kappa shape index (κ3) is 4.09. The van der Waals surface area contributed by atoms with Gasteiger partial charge in [-0.05, 0) is 31.3 Å². The van der Waals surface area contributed by atoms with Gasteiger partial charge in [0.1, 0.15) is 0 Å². The molecule has 0 aromatic carbocycles.